The van der Waals surface area contributed by atoms with Crippen LogP contribution in [0.1, 0.15) is 5.56 Å². The Labute approximate surface area is 74.0 Å². The lowest BCUT2D eigenvalue weighted by Crippen LogP contribution is -2.15. The summed E-state index contributed by atoms with van der Waals surface area (Å²) in [7, 11) is 4.15. The van der Waals surface area contributed by atoms with E-state index in [9.17, 15) is 0 Å². The second-order valence-electron chi connectivity index (χ2n) is 3.30. The molecule has 0 atom stereocenters. The number of hydrogen-bond acceptors (Lipinski definition) is 2. The maximum atomic E-state index is 5.65. The third-order valence-electron chi connectivity index (χ3n) is 1.80. The van der Waals surface area contributed by atoms with Gasteiger partial charge in [-0.25, -0.2) is 0 Å². The third kappa shape index (κ3) is 2.93. The SMILES string of the molecule is CN(C)CCc1cccc(N)c1. The molecule has 0 aliphatic rings. The van der Waals surface area contributed by atoms with Gasteiger partial charge in [-0.3, -0.25) is 0 Å². The van der Waals surface area contributed by atoms with E-state index >= 15 is 0 Å². The highest BCUT2D eigenvalue weighted by Crippen LogP contribution is 2.06. The van der Waals surface area contributed by atoms with Crippen LogP contribution in [0.25, 0.3) is 0 Å². The molecule has 0 heterocycles. The summed E-state index contributed by atoms with van der Waals surface area (Å²) in [6.07, 6.45) is 1.07. The molecular formula is C10H16N2. The summed E-state index contributed by atoms with van der Waals surface area (Å²) in [5.74, 6) is 0. The Bertz CT molecular complexity index is 243. The van der Waals surface area contributed by atoms with Crippen molar-refractivity contribution >= 4 is 5.69 Å². The number of nitrogens with zero attached hydrogens (tertiary/aromatic N) is 1. The van der Waals surface area contributed by atoms with Crippen molar-refractivity contribution < 1.29 is 0 Å². The molecule has 1 rings (SSSR count). The Morgan fingerprint density at radius 1 is 1.33 bits per heavy atom. The number of nitrogens with two attached hydrogens (primary N) is 1. The van der Waals surface area contributed by atoms with Gasteiger partial charge in [0.25, 0.3) is 0 Å². The minimum absolute atomic E-state index is 0.853. The van der Waals surface area contributed by atoms with Crippen molar-refractivity contribution in [3.05, 3.63) is 29.8 Å². The van der Waals surface area contributed by atoms with Gasteiger partial charge >= 0.3 is 0 Å². The van der Waals surface area contributed by atoms with Crippen LogP contribution in [-0.4, -0.2) is 25.5 Å². The zero-order chi connectivity index (χ0) is 8.97. The number of anilines is 1. The summed E-state index contributed by atoms with van der Waals surface area (Å²) in [6.45, 7) is 1.07. The molecule has 2 heteroatoms. The number of benzene rings is 1. The summed E-state index contributed by atoms with van der Waals surface area (Å²) >= 11 is 0. The van der Waals surface area contributed by atoms with Crippen LogP contribution in [0.2, 0.25) is 0 Å². The predicted molar refractivity (Wildman–Crippen MR) is 53.1 cm³/mol. The van der Waals surface area contributed by atoms with Gasteiger partial charge in [-0.2, -0.15) is 0 Å². The molecule has 66 valence electrons. The van der Waals surface area contributed by atoms with Gasteiger partial charge in [-0.15, -0.1) is 0 Å². The first kappa shape index (κ1) is 9.07. The first-order chi connectivity index (χ1) is 5.68. The molecule has 0 unspecified atom stereocenters. The Balaban J connectivity index is 2.52. The molecule has 12 heavy (non-hydrogen) atoms. The highest BCUT2D eigenvalue weighted by Gasteiger charge is 1.94. The van der Waals surface area contributed by atoms with Crippen molar-refractivity contribution in [2.24, 2.45) is 0 Å². The molecule has 0 amide bonds. The van der Waals surface area contributed by atoms with Crippen molar-refractivity contribution in [3.63, 3.8) is 0 Å². The van der Waals surface area contributed by atoms with E-state index in [-0.39, 0.29) is 0 Å². The van der Waals surface area contributed by atoms with E-state index in [1.165, 1.54) is 5.56 Å². The van der Waals surface area contributed by atoms with Crippen LogP contribution in [0.5, 0.6) is 0 Å². The summed E-state index contributed by atoms with van der Waals surface area (Å²) in [5.41, 5.74) is 7.81. The van der Waals surface area contributed by atoms with Gasteiger partial charge in [-0.05, 0) is 38.2 Å². The predicted octanol–water partition coefficient (Wildman–Crippen LogP) is 1.37. The Kier molecular flexibility index (Phi) is 3.11. The zero-order valence-corrected chi connectivity index (χ0v) is 7.75. The van der Waals surface area contributed by atoms with Gasteiger partial charge in [0.15, 0.2) is 0 Å². The number of rotatable bonds is 3. The van der Waals surface area contributed by atoms with Crippen molar-refractivity contribution in [2.45, 2.75) is 6.42 Å². The molecule has 0 radical (unpaired) electrons. The van der Waals surface area contributed by atoms with Gasteiger partial charge in [0.1, 0.15) is 0 Å². The zero-order valence-electron chi connectivity index (χ0n) is 7.75. The van der Waals surface area contributed by atoms with Crippen LogP contribution in [0.15, 0.2) is 24.3 Å². The lowest BCUT2D eigenvalue weighted by atomic mass is 10.1. The standard InChI is InChI=1S/C10H16N2/c1-12(2)7-6-9-4-3-5-10(11)8-9/h3-5,8H,6-7,11H2,1-2H3. The fourth-order valence-corrected chi connectivity index (χ4v) is 1.10. The van der Waals surface area contributed by atoms with E-state index in [1.807, 2.05) is 18.2 Å². The van der Waals surface area contributed by atoms with E-state index in [2.05, 4.69) is 25.1 Å². The van der Waals surface area contributed by atoms with Gasteiger partial charge in [0.2, 0.25) is 0 Å². The van der Waals surface area contributed by atoms with Crippen LogP contribution in [0, 0.1) is 0 Å². The molecule has 0 spiro atoms. The Morgan fingerprint density at radius 2 is 2.08 bits per heavy atom. The number of likely N-dealkylation sites (N-methyl/N-ethyl adjacent to an activating group) is 1. The van der Waals surface area contributed by atoms with Crippen molar-refractivity contribution in [3.8, 4) is 0 Å². The average molecular weight is 164 g/mol. The van der Waals surface area contributed by atoms with Crippen molar-refractivity contribution in [1.29, 1.82) is 0 Å². The Hall–Kier alpha value is -1.02. The molecule has 0 aliphatic heterocycles. The molecule has 1 aromatic carbocycles. The Morgan fingerprint density at radius 3 is 2.67 bits per heavy atom. The van der Waals surface area contributed by atoms with E-state index in [0.717, 1.165) is 18.7 Å². The molecule has 2 nitrogen and oxygen atoms in total. The van der Waals surface area contributed by atoms with Crippen LogP contribution < -0.4 is 5.73 Å². The van der Waals surface area contributed by atoms with Crippen molar-refractivity contribution in [1.82, 2.24) is 4.90 Å². The fraction of sp³-hybridized carbons (Fsp3) is 0.400. The van der Waals surface area contributed by atoms with E-state index in [0.29, 0.717) is 0 Å². The van der Waals surface area contributed by atoms with E-state index in [4.69, 9.17) is 5.73 Å². The summed E-state index contributed by atoms with van der Waals surface area (Å²) in [4.78, 5) is 2.17. The quantitative estimate of drug-likeness (QED) is 0.684. The highest BCUT2D eigenvalue weighted by molar-refractivity contribution is 5.40. The molecule has 0 aliphatic carbocycles. The van der Waals surface area contributed by atoms with Crippen LogP contribution in [-0.2, 0) is 6.42 Å². The first-order valence-corrected chi connectivity index (χ1v) is 4.17. The van der Waals surface area contributed by atoms with Gasteiger partial charge in [0, 0.05) is 12.2 Å². The summed E-state index contributed by atoms with van der Waals surface area (Å²) < 4.78 is 0. The third-order valence-corrected chi connectivity index (χ3v) is 1.80. The molecular weight excluding hydrogens is 148 g/mol. The average Bonchev–Trinajstić information content (AvgIpc) is 2.01. The molecule has 0 aromatic heterocycles. The normalized spacial score (nSPS) is 10.6. The van der Waals surface area contributed by atoms with Gasteiger partial charge in [0.05, 0.1) is 0 Å². The first-order valence-electron chi connectivity index (χ1n) is 4.17. The molecule has 0 saturated heterocycles. The number of hydrogen-bond donors (Lipinski definition) is 1. The maximum Gasteiger partial charge on any atom is 0.0316 e. The summed E-state index contributed by atoms with van der Waals surface area (Å²) in [6, 6.07) is 8.06. The fourth-order valence-electron chi connectivity index (χ4n) is 1.10. The molecule has 1 aromatic rings. The lowest BCUT2D eigenvalue weighted by Gasteiger charge is -2.09. The molecule has 2 N–H and O–H groups in total. The largest absolute Gasteiger partial charge is 0.399 e. The van der Waals surface area contributed by atoms with E-state index < -0.39 is 0 Å². The second kappa shape index (κ2) is 4.12. The van der Waals surface area contributed by atoms with Gasteiger partial charge in [-0.1, -0.05) is 12.1 Å². The van der Waals surface area contributed by atoms with Crippen molar-refractivity contribution in [2.75, 3.05) is 26.4 Å². The summed E-state index contributed by atoms with van der Waals surface area (Å²) in [5, 5.41) is 0. The topological polar surface area (TPSA) is 29.3 Å². The van der Waals surface area contributed by atoms with Crippen LogP contribution >= 0.6 is 0 Å². The van der Waals surface area contributed by atoms with Crippen LogP contribution in [0.4, 0.5) is 5.69 Å². The molecule has 0 fully saturated rings. The minimum Gasteiger partial charge on any atom is -0.399 e. The van der Waals surface area contributed by atoms with E-state index in [1.54, 1.807) is 0 Å². The van der Waals surface area contributed by atoms with Crippen LogP contribution in [0.3, 0.4) is 0 Å². The molecule has 0 saturated carbocycles. The van der Waals surface area contributed by atoms with Gasteiger partial charge < -0.3 is 10.6 Å². The monoisotopic (exact) mass is 164 g/mol. The second-order valence-corrected chi connectivity index (χ2v) is 3.30. The maximum absolute atomic E-state index is 5.65. The highest BCUT2D eigenvalue weighted by atomic mass is 15.0. The smallest absolute Gasteiger partial charge is 0.0316 e. The minimum atomic E-state index is 0.853. The number of nitrogen functional groups attached to an aromatic ring is 1. The molecule has 0 bridgehead atoms. The lowest BCUT2D eigenvalue weighted by molar-refractivity contribution is 0.413.